The Hall–Kier alpha value is -1.10. The average Bonchev–Trinajstić information content (AvgIpc) is 2.45. The Balaban J connectivity index is 2.22. The molecule has 5 heteroatoms. The van der Waals surface area contributed by atoms with Crippen LogP contribution < -0.4 is 11.1 Å². The summed E-state index contributed by atoms with van der Waals surface area (Å²) < 4.78 is 5.48. The van der Waals surface area contributed by atoms with Gasteiger partial charge in [-0.15, -0.1) is 0 Å². The molecule has 0 aromatic heterocycles. The molecule has 1 heterocycles. The highest BCUT2D eigenvalue weighted by molar-refractivity contribution is 6.31. The summed E-state index contributed by atoms with van der Waals surface area (Å²) in [4.78, 5) is 12.1. The Morgan fingerprint density at radius 1 is 1.38 bits per heavy atom. The zero-order chi connectivity index (χ0) is 15.5. The van der Waals surface area contributed by atoms with E-state index in [0.29, 0.717) is 19.8 Å². The van der Waals surface area contributed by atoms with Crippen LogP contribution in [0.15, 0.2) is 24.3 Å². The topological polar surface area (TPSA) is 64.4 Å². The molecule has 1 aliphatic heterocycles. The van der Waals surface area contributed by atoms with E-state index in [2.05, 4.69) is 5.32 Å². The van der Waals surface area contributed by atoms with Crippen LogP contribution >= 0.6 is 11.6 Å². The Morgan fingerprint density at radius 3 is 2.57 bits per heavy atom. The van der Waals surface area contributed by atoms with E-state index in [9.17, 15) is 4.79 Å². The molecule has 3 N–H and O–H groups in total. The molecular weight excluding hydrogens is 288 g/mol. The van der Waals surface area contributed by atoms with Crippen molar-refractivity contribution >= 4 is 17.5 Å². The van der Waals surface area contributed by atoms with Gasteiger partial charge in [-0.25, -0.2) is 0 Å². The molecule has 0 aliphatic carbocycles. The maximum Gasteiger partial charge on any atom is 0.239 e. The van der Waals surface area contributed by atoms with Gasteiger partial charge in [0.1, 0.15) is 0 Å². The fourth-order valence-corrected chi connectivity index (χ4v) is 3.01. The van der Waals surface area contributed by atoms with E-state index in [-0.39, 0.29) is 11.3 Å². The van der Waals surface area contributed by atoms with Gasteiger partial charge in [0.15, 0.2) is 0 Å². The van der Waals surface area contributed by atoms with Crippen LogP contribution in [-0.2, 0) is 14.9 Å². The third-order valence-electron chi connectivity index (χ3n) is 4.07. The highest BCUT2D eigenvalue weighted by Crippen LogP contribution is 2.38. The standard InChI is InChI=1S/C16H23ClN2O2/c1-15(2,18)14(20)19-11-16(7-9-21-10-8-16)12-5-3-4-6-13(12)17/h3-6H,7-11,18H2,1-2H3,(H,19,20). The molecule has 4 nitrogen and oxygen atoms in total. The minimum atomic E-state index is -0.882. The predicted molar refractivity (Wildman–Crippen MR) is 84.5 cm³/mol. The number of hydrogen-bond acceptors (Lipinski definition) is 3. The van der Waals surface area contributed by atoms with Gasteiger partial charge in [-0.05, 0) is 38.3 Å². The van der Waals surface area contributed by atoms with E-state index in [1.807, 2.05) is 24.3 Å². The van der Waals surface area contributed by atoms with Crippen molar-refractivity contribution in [1.82, 2.24) is 5.32 Å². The SMILES string of the molecule is CC(C)(N)C(=O)NCC1(c2ccccc2Cl)CCOCC1. The van der Waals surface area contributed by atoms with Gasteiger partial charge in [0, 0.05) is 30.2 Å². The number of ether oxygens (including phenoxy) is 1. The van der Waals surface area contributed by atoms with Crippen LogP contribution in [0, 0.1) is 0 Å². The van der Waals surface area contributed by atoms with Crippen molar-refractivity contribution in [3.63, 3.8) is 0 Å². The maximum atomic E-state index is 12.1. The van der Waals surface area contributed by atoms with Gasteiger partial charge < -0.3 is 15.8 Å². The van der Waals surface area contributed by atoms with Crippen molar-refractivity contribution in [2.75, 3.05) is 19.8 Å². The summed E-state index contributed by atoms with van der Waals surface area (Å²) in [6.07, 6.45) is 1.67. The van der Waals surface area contributed by atoms with Crippen LogP contribution in [0.4, 0.5) is 0 Å². The molecule has 1 aromatic rings. The van der Waals surface area contributed by atoms with Gasteiger partial charge in [-0.2, -0.15) is 0 Å². The minimum Gasteiger partial charge on any atom is -0.381 e. The zero-order valence-electron chi connectivity index (χ0n) is 12.6. The molecule has 116 valence electrons. The summed E-state index contributed by atoms with van der Waals surface area (Å²) >= 11 is 6.37. The summed E-state index contributed by atoms with van der Waals surface area (Å²) in [7, 11) is 0. The second-order valence-corrected chi connectivity index (χ2v) is 6.68. The molecule has 1 amide bonds. The Kier molecular flexibility index (Phi) is 4.91. The number of halogens is 1. The first-order valence-corrected chi connectivity index (χ1v) is 7.63. The number of nitrogens with two attached hydrogens (primary N) is 1. The molecule has 0 bridgehead atoms. The molecular formula is C16H23ClN2O2. The molecule has 0 saturated carbocycles. The first-order chi connectivity index (χ1) is 9.85. The fraction of sp³-hybridized carbons (Fsp3) is 0.562. The van der Waals surface area contributed by atoms with Gasteiger partial charge in [-0.3, -0.25) is 4.79 Å². The monoisotopic (exact) mass is 310 g/mol. The number of nitrogens with one attached hydrogen (secondary N) is 1. The second kappa shape index (κ2) is 6.34. The van der Waals surface area contributed by atoms with Crippen LogP contribution in [0.3, 0.4) is 0 Å². The lowest BCUT2D eigenvalue weighted by Gasteiger charge is -2.39. The van der Waals surface area contributed by atoms with E-state index in [4.69, 9.17) is 22.1 Å². The summed E-state index contributed by atoms with van der Waals surface area (Å²) in [6.45, 7) is 5.28. The molecule has 1 aliphatic rings. The van der Waals surface area contributed by atoms with Gasteiger partial charge in [0.2, 0.25) is 5.91 Å². The van der Waals surface area contributed by atoms with Crippen molar-refractivity contribution in [2.24, 2.45) is 5.73 Å². The highest BCUT2D eigenvalue weighted by atomic mass is 35.5. The quantitative estimate of drug-likeness (QED) is 0.896. The van der Waals surface area contributed by atoms with Crippen LogP contribution in [0.25, 0.3) is 0 Å². The molecule has 0 radical (unpaired) electrons. The summed E-state index contributed by atoms with van der Waals surface area (Å²) in [5.74, 6) is -0.152. The van der Waals surface area contributed by atoms with Crippen LogP contribution in [0.5, 0.6) is 0 Å². The van der Waals surface area contributed by atoms with E-state index in [1.165, 1.54) is 0 Å². The van der Waals surface area contributed by atoms with Gasteiger partial charge in [-0.1, -0.05) is 29.8 Å². The minimum absolute atomic E-state index is 0.152. The molecule has 1 fully saturated rings. The molecule has 0 atom stereocenters. The van der Waals surface area contributed by atoms with E-state index >= 15 is 0 Å². The van der Waals surface area contributed by atoms with Crippen molar-refractivity contribution in [2.45, 2.75) is 37.6 Å². The first kappa shape index (κ1) is 16.3. The molecule has 1 saturated heterocycles. The molecule has 0 unspecified atom stereocenters. The first-order valence-electron chi connectivity index (χ1n) is 7.25. The molecule has 21 heavy (non-hydrogen) atoms. The van der Waals surface area contributed by atoms with Gasteiger partial charge in [0.05, 0.1) is 5.54 Å². The Labute approximate surface area is 131 Å². The number of benzene rings is 1. The number of amides is 1. The van der Waals surface area contributed by atoms with E-state index in [0.717, 1.165) is 23.4 Å². The number of carbonyl (C=O) groups excluding carboxylic acids is 1. The largest absolute Gasteiger partial charge is 0.381 e. The second-order valence-electron chi connectivity index (χ2n) is 6.28. The molecule has 1 aromatic carbocycles. The third-order valence-corrected chi connectivity index (χ3v) is 4.40. The smallest absolute Gasteiger partial charge is 0.239 e. The Bertz CT molecular complexity index is 505. The van der Waals surface area contributed by atoms with Crippen molar-refractivity contribution < 1.29 is 9.53 Å². The molecule has 2 rings (SSSR count). The predicted octanol–water partition coefficient (Wildman–Crippen LogP) is 2.24. The van der Waals surface area contributed by atoms with E-state index in [1.54, 1.807) is 13.8 Å². The average molecular weight is 311 g/mol. The zero-order valence-corrected chi connectivity index (χ0v) is 13.4. The van der Waals surface area contributed by atoms with Crippen LogP contribution in [-0.4, -0.2) is 31.2 Å². The van der Waals surface area contributed by atoms with Crippen molar-refractivity contribution in [3.05, 3.63) is 34.9 Å². The summed E-state index contributed by atoms with van der Waals surface area (Å²) in [5, 5.41) is 3.72. The maximum absolute atomic E-state index is 12.1. The van der Waals surface area contributed by atoms with Gasteiger partial charge in [0.25, 0.3) is 0 Å². The Morgan fingerprint density at radius 2 is 2.00 bits per heavy atom. The highest BCUT2D eigenvalue weighted by Gasteiger charge is 2.37. The number of carbonyl (C=O) groups is 1. The van der Waals surface area contributed by atoms with Gasteiger partial charge >= 0.3 is 0 Å². The third kappa shape index (κ3) is 3.76. The summed E-state index contributed by atoms with van der Waals surface area (Å²) in [6, 6.07) is 7.82. The van der Waals surface area contributed by atoms with E-state index < -0.39 is 5.54 Å². The van der Waals surface area contributed by atoms with Crippen molar-refractivity contribution in [3.8, 4) is 0 Å². The van der Waals surface area contributed by atoms with Crippen molar-refractivity contribution in [1.29, 1.82) is 0 Å². The number of rotatable bonds is 4. The van der Waals surface area contributed by atoms with Crippen LogP contribution in [0.2, 0.25) is 5.02 Å². The lowest BCUT2D eigenvalue weighted by atomic mass is 9.74. The lowest BCUT2D eigenvalue weighted by Crippen LogP contribution is -2.53. The fourth-order valence-electron chi connectivity index (χ4n) is 2.67. The molecule has 0 spiro atoms. The normalized spacial score (nSPS) is 18.3. The van der Waals surface area contributed by atoms with Crippen LogP contribution in [0.1, 0.15) is 32.3 Å². The lowest BCUT2D eigenvalue weighted by molar-refractivity contribution is -0.125. The number of hydrogen-bond donors (Lipinski definition) is 2. The summed E-state index contributed by atoms with van der Waals surface area (Å²) in [5.41, 5.74) is 5.85.